The van der Waals surface area contributed by atoms with Gasteiger partial charge in [-0.25, -0.2) is 0 Å². The van der Waals surface area contributed by atoms with Crippen molar-refractivity contribution in [1.82, 2.24) is 30.4 Å². The molecule has 13 heteroatoms. The van der Waals surface area contributed by atoms with Gasteiger partial charge in [0.2, 0.25) is 0 Å². The lowest BCUT2D eigenvalue weighted by Gasteiger charge is -2.38. The molecule has 0 aliphatic carbocycles. The van der Waals surface area contributed by atoms with Gasteiger partial charge in [0.15, 0.2) is 5.75 Å². The maximum absolute atomic E-state index is 13.6. The lowest BCUT2D eigenvalue weighted by Crippen LogP contribution is -2.52. The zero-order chi connectivity index (χ0) is 27.4. The number of hydrogen-bond donors (Lipinski definition) is 1. The molecule has 41 heavy (non-hydrogen) atoms. The SMILES string of the molecule is COc1ccc(-n2nnnc2C(F)(F)F)c(OC)c1CN1CCN[C@H](C(c2ccccc2)c2ccccc2)C1.Cl.Cl. The van der Waals surface area contributed by atoms with E-state index in [-0.39, 0.29) is 48.2 Å². The number of alkyl halides is 3. The first-order chi connectivity index (χ1) is 18.9. The number of tetrazole rings is 1. The average molecular weight is 611 g/mol. The number of rotatable bonds is 8. The van der Waals surface area contributed by atoms with Crippen molar-refractivity contribution in [2.75, 3.05) is 33.9 Å². The molecule has 220 valence electrons. The van der Waals surface area contributed by atoms with Crippen LogP contribution in [0.5, 0.6) is 11.5 Å². The Morgan fingerprint density at radius 3 is 2.12 bits per heavy atom. The van der Waals surface area contributed by atoms with E-state index in [4.69, 9.17) is 9.47 Å². The molecule has 5 rings (SSSR count). The minimum Gasteiger partial charge on any atom is -0.496 e. The van der Waals surface area contributed by atoms with Gasteiger partial charge in [-0.2, -0.15) is 17.9 Å². The number of nitrogens with zero attached hydrogens (tertiary/aromatic N) is 5. The third-order valence-electron chi connectivity index (χ3n) is 6.96. The van der Waals surface area contributed by atoms with E-state index in [1.54, 1.807) is 6.07 Å². The van der Waals surface area contributed by atoms with E-state index >= 15 is 0 Å². The number of piperazine rings is 1. The number of hydrogen-bond acceptors (Lipinski definition) is 7. The van der Waals surface area contributed by atoms with Crippen molar-refractivity contribution in [2.45, 2.75) is 24.7 Å². The predicted octanol–water partition coefficient (Wildman–Crippen LogP) is 5.15. The van der Waals surface area contributed by atoms with Crippen LogP contribution in [0.3, 0.4) is 0 Å². The Bertz CT molecular complexity index is 1350. The zero-order valence-electron chi connectivity index (χ0n) is 22.4. The van der Waals surface area contributed by atoms with E-state index in [0.717, 1.165) is 13.1 Å². The number of aromatic nitrogens is 4. The molecular weight excluding hydrogens is 580 g/mol. The molecule has 1 aliphatic rings. The summed E-state index contributed by atoms with van der Waals surface area (Å²) in [4.78, 5) is 2.26. The van der Waals surface area contributed by atoms with Crippen LogP contribution in [0.15, 0.2) is 72.8 Å². The number of ether oxygens (including phenoxy) is 2. The van der Waals surface area contributed by atoms with Crippen molar-refractivity contribution in [3.05, 3.63) is 95.3 Å². The normalized spacial score (nSPS) is 15.6. The zero-order valence-corrected chi connectivity index (χ0v) is 24.0. The van der Waals surface area contributed by atoms with Gasteiger partial charge in [-0.15, -0.1) is 29.9 Å². The predicted molar refractivity (Wildman–Crippen MR) is 154 cm³/mol. The van der Waals surface area contributed by atoms with E-state index in [0.29, 0.717) is 29.1 Å². The van der Waals surface area contributed by atoms with Crippen LogP contribution in [0, 0.1) is 0 Å². The van der Waals surface area contributed by atoms with Crippen LogP contribution in [-0.2, 0) is 12.7 Å². The Balaban J connectivity index is 0.00000231. The molecule has 0 radical (unpaired) electrons. The highest BCUT2D eigenvalue weighted by Crippen LogP contribution is 2.38. The molecule has 4 aromatic rings. The number of halogens is 5. The highest BCUT2D eigenvalue weighted by molar-refractivity contribution is 5.85. The molecule has 1 aromatic heterocycles. The Morgan fingerprint density at radius 2 is 1.56 bits per heavy atom. The topological polar surface area (TPSA) is 77.3 Å². The number of methoxy groups -OCH3 is 2. The molecule has 3 aromatic carbocycles. The molecule has 0 saturated carbocycles. The fraction of sp³-hybridized carbons (Fsp3) is 0.321. The van der Waals surface area contributed by atoms with Crippen molar-refractivity contribution >= 4 is 24.8 Å². The molecular formula is C28H31Cl2F3N6O2. The molecule has 1 saturated heterocycles. The molecule has 1 N–H and O–H groups in total. The summed E-state index contributed by atoms with van der Waals surface area (Å²) in [7, 11) is 2.94. The number of benzene rings is 3. The summed E-state index contributed by atoms with van der Waals surface area (Å²) >= 11 is 0. The minimum atomic E-state index is -4.73. The van der Waals surface area contributed by atoms with Gasteiger partial charge in [0.1, 0.15) is 11.4 Å². The van der Waals surface area contributed by atoms with Crippen LogP contribution >= 0.6 is 24.8 Å². The first-order valence-electron chi connectivity index (χ1n) is 12.6. The summed E-state index contributed by atoms with van der Waals surface area (Å²) in [6.07, 6.45) is -4.73. The van der Waals surface area contributed by atoms with Crippen molar-refractivity contribution in [1.29, 1.82) is 0 Å². The Kier molecular flexibility index (Phi) is 11.0. The smallest absolute Gasteiger partial charge is 0.453 e. The van der Waals surface area contributed by atoms with Gasteiger partial charge in [-0.3, -0.25) is 4.90 Å². The Morgan fingerprint density at radius 1 is 0.927 bits per heavy atom. The van der Waals surface area contributed by atoms with Gasteiger partial charge in [0.05, 0.1) is 19.8 Å². The van der Waals surface area contributed by atoms with Crippen LogP contribution in [0.25, 0.3) is 5.69 Å². The lowest BCUT2D eigenvalue weighted by molar-refractivity contribution is -0.146. The minimum absolute atomic E-state index is 0. The second kappa shape index (κ2) is 14.0. The van der Waals surface area contributed by atoms with E-state index < -0.39 is 12.0 Å². The second-order valence-electron chi connectivity index (χ2n) is 9.31. The van der Waals surface area contributed by atoms with Gasteiger partial charge >= 0.3 is 6.18 Å². The molecule has 1 fully saturated rings. The van der Waals surface area contributed by atoms with Crippen LogP contribution in [0.1, 0.15) is 28.4 Å². The molecule has 1 atom stereocenters. The molecule has 0 amide bonds. The second-order valence-corrected chi connectivity index (χ2v) is 9.31. The highest BCUT2D eigenvalue weighted by atomic mass is 35.5. The quantitative estimate of drug-likeness (QED) is 0.296. The molecule has 2 heterocycles. The average Bonchev–Trinajstić information content (AvgIpc) is 3.45. The molecule has 1 aliphatic heterocycles. The first-order valence-corrected chi connectivity index (χ1v) is 12.6. The highest BCUT2D eigenvalue weighted by Gasteiger charge is 2.39. The maximum Gasteiger partial charge on any atom is 0.453 e. The van der Waals surface area contributed by atoms with Crippen molar-refractivity contribution < 1.29 is 22.6 Å². The van der Waals surface area contributed by atoms with Gasteiger partial charge in [-0.1, -0.05) is 60.7 Å². The van der Waals surface area contributed by atoms with Crippen LogP contribution < -0.4 is 14.8 Å². The molecule has 0 spiro atoms. The Labute approximate surface area is 248 Å². The lowest BCUT2D eigenvalue weighted by atomic mass is 9.84. The summed E-state index contributed by atoms with van der Waals surface area (Å²) < 4.78 is 52.7. The van der Waals surface area contributed by atoms with Crippen molar-refractivity contribution in [3.8, 4) is 17.2 Å². The summed E-state index contributed by atoms with van der Waals surface area (Å²) in [5.41, 5.74) is 3.12. The third kappa shape index (κ3) is 6.92. The summed E-state index contributed by atoms with van der Waals surface area (Å²) in [5, 5.41) is 13.7. The van der Waals surface area contributed by atoms with E-state index in [9.17, 15) is 13.2 Å². The van der Waals surface area contributed by atoms with E-state index in [1.807, 2.05) is 36.4 Å². The monoisotopic (exact) mass is 610 g/mol. The van der Waals surface area contributed by atoms with Gasteiger partial charge in [-0.05, 0) is 33.7 Å². The van der Waals surface area contributed by atoms with E-state index in [2.05, 4.69) is 50.0 Å². The van der Waals surface area contributed by atoms with Gasteiger partial charge in [0.25, 0.3) is 5.82 Å². The van der Waals surface area contributed by atoms with Gasteiger partial charge < -0.3 is 14.8 Å². The molecule has 8 nitrogen and oxygen atoms in total. The number of nitrogens with one attached hydrogen (secondary N) is 1. The van der Waals surface area contributed by atoms with Crippen LogP contribution in [0.4, 0.5) is 13.2 Å². The van der Waals surface area contributed by atoms with E-state index in [1.165, 1.54) is 31.4 Å². The summed E-state index contributed by atoms with van der Waals surface area (Å²) in [6.45, 7) is 2.58. The third-order valence-corrected chi connectivity index (χ3v) is 6.96. The van der Waals surface area contributed by atoms with Crippen molar-refractivity contribution in [3.63, 3.8) is 0 Å². The molecule has 0 unspecified atom stereocenters. The Hall–Kier alpha value is -3.38. The standard InChI is InChI=1S/C28H29F3N6O2.2ClH/c1-38-24-14-13-23(37-27(28(29,30)31)33-34-35-37)26(39-2)21(24)17-36-16-15-32-22(18-36)25(19-9-5-3-6-10-19)20-11-7-4-8-12-20;;/h3-14,22,25,32H,15-18H2,1-2H3;2*1H/t22-;;/m0../s1. The summed E-state index contributed by atoms with van der Waals surface area (Å²) in [5.74, 6) is -0.381. The summed E-state index contributed by atoms with van der Waals surface area (Å²) in [6, 6.07) is 23.9. The first kappa shape index (κ1) is 32.1. The fourth-order valence-corrected chi connectivity index (χ4v) is 5.27. The van der Waals surface area contributed by atoms with Crippen molar-refractivity contribution in [2.24, 2.45) is 0 Å². The van der Waals surface area contributed by atoms with Crippen LogP contribution in [-0.4, -0.2) is 65.0 Å². The molecule has 0 bridgehead atoms. The van der Waals surface area contributed by atoms with Crippen LogP contribution in [0.2, 0.25) is 0 Å². The van der Waals surface area contributed by atoms with Gasteiger partial charge in [0, 0.05) is 38.1 Å². The fourth-order valence-electron chi connectivity index (χ4n) is 5.27. The maximum atomic E-state index is 13.6. The largest absolute Gasteiger partial charge is 0.496 e.